The van der Waals surface area contributed by atoms with Gasteiger partial charge >= 0.3 is 6.09 Å². The predicted octanol–water partition coefficient (Wildman–Crippen LogP) is 5.46. The van der Waals surface area contributed by atoms with Gasteiger partial charge in [0, 0.05) is 5.69 Å². The number of carbonyl (C=O) groups is 1. The molecule has 0 radical (unpaired) electrons. The Hall–Kier alpha value is -2.75. The maximum atomic E-state index is 12.8. The maximum Gasteiger partial charge on any atom is 0.415 e. The third kappa shape index (κ3) is 5.38. The molecule has 2 rings (SSSR count). The van der Waals surface area contributed by atoms with Crippen LogP contribution in [0.2, 0.25) is 0 Å². The molecule has 0 aromatic heterocycles. The van der Waals surface area contributed by atoms with Crippen LogP contribution in [0.4, 0.5) is 10.5 Å². The smallest absolute Gasteiger partial charge is 0.415 e. The molecule has 0 spiro atoms. The van der Waals surface area contributed by atoms with Gasteiger partial charge in [-0.1, -0.05) is 36.4 Å². The molecule has 0 fully saturated rings. The molecule has 4 heteroatoms. The summed E-state index contributed by atoms with van der Waals surface area (Å²) in [6.45, 7) is 12.1. The van der Waals surface area contributed by atoms with Gasteiger partial charge in [-0.15, -0.1) is 0 Å². The highest BCUT2D eigenvalue weighted by Gasteiger charge is 2.24. The first-order valence-corrected chi connectivity index (χ1v) is 8.59. The molecular formula is C22H27NO3. The summed E-state index contributed by atoms with van der Waals surface area (Å²) in [5.41, 5.74) is 3.15. The summed E-state index contributed by atoms with van der Waals surface area (Å²) >= 11 is 0. The quantitative estimate of drug-likeness (QED) is 0.716. The number of nitrogens with zero attached hydrogens (tertiary/aromatic N) is 1. The highest BCUT2D eigenvalue weighted by Crippen LogP contribution is 2.25. The van der Waals surface area contributed by atoms with Crippen LogP contribution in [-0.2, 0) is 4.74 Å². The highest BCUT2D eigenvalue weighted by molar-refractivity contribution is 5.91. The zero-order valence-corrected chi connectivity index (χ0v) is 16.2. The summed E-state index contributed by atoms with van der Waals surface area (Å²) in [4.78, 5) is 14.4. The monoisotopic (exact) mass is 353 g/mol. The topological polar surface area (TPSA) is 38.8 Å². The Morgan fingerprint density at radius 2 is 1.77 bits per heavy atom. The molecule has 4 nitrogen and oxygen atoms in total. The van der Waals surface area contributed by atoms with Gasteiger partial charge in [0.05, 0.1) is 13.7 Å². The number of benzene rings is 2. The lowest BCUT2D eigenvalue weighted by molar-refractivity contribution is 0.0585. The van der Waals surface area contributed by atoms with E-state index in [9.17, 15) is 4.79 Å². The van der Waals surface area contributed by atoms with Crippen LogP contribution in [0.1, 0.15) is 31.9 Å². The molecule has 0 heterocycles. The summed E-state index contributed by atoms with van der Waals surface area (Å²) in [6.07, 6.45) is -0.406. The van der Waals surface area contributed by atoms with Gasteiger partial charge in [0.2, 0.25) is 0 Å². The summed E-state index contributed by atoms with van der Waals surface area (Å²) in [5, 5.41) is 0. The average Bonchev–Trinajstić information content (AvgIpc) is 2.58. The van der Waals surface area contributed by atoms with E-state index < -0.39 is 11.7 Å². The molecule has 0 aliphatic rings. The zero-order valence-electron chi connectivity index (χ0n) is 16.2. The van der Waals surface area contributed by atoms with Gasteiger partial charge in [0.15, 0.2) is 0 Å². The van der Waals surface area contributed by atoms with Gasteiger partial charge in [-0.2, -0.15) is 0 Å². The van der Waals surface area contributed by atoms with E-state index in [2.05, 4.69) is 12.6 Å². The number of methoxy groups -OCH3 is 1. The first kappa shape index (κ1) is 19.6. The Morgan fingerprint density at radius 1 is 1.12 bits per heavy atom. The van der Waals surface area contributed by atoms with Crippen molar-refractivity contribution in [1.82, 2.24) is 0 Å². The first-order chi connectivity index (χ1) is 12.2. The number of hydrogen-bond acceptors (Lipinski definition) is 3. The largest absolute Gasteiger partial charge is 0.497 e. The molecule has 0 atom stereocenters. The van der Waals surface area contributed by atoms with Gasteiger partial charge in [0.25, 0.3) is 0 Å². The van der Waals surface area contributed by atoms with E-state index in [4.69, 9.17) is 9.47 Å². The van der Waals surface area contributed by atoms with Crippen molar-refractivity contribution >= 4 is 17.4 Å². The van der Waals surface area contributed by atoms with Gasteiger partial charge in [0.1, 0.15) is 11.4 Å². The fraction of sp³-hybridized carbons (Fsp3) is 0.318. The van der Waals surface area contributed by atoms with E-state index in [1.807, 2.05) is 70.2 Å². The predicted molar refractivity (Wildman–Crippen MR) is 107 cm³/mol. The SMILES string of the molecule is C=C(CN(C(=O)OC(C)(C)C)c1ccc(OC)cc1)c1cccc(C)c1. The maximum absolute atomic E-state index is 12.8. The average molecular weight is 353 g/mol. The number of aryl methyl sites for hydroxylation is 1. The molecule has 2 aromatic rings. The van der Waals surface area contributed by atoms with Crippen LogP contribution >= 0.6 is 0 Å². The molecule has 0 saturated heterocycles. The highest BCUT2D eigenvalue weighted by atomic mass is 16.6. The summed E-state index contributed by atoms with van der Waals surface area (Å²) in [5.74, 6) is 0.732. The molecule has 0 unspecified atom stereocenters. The third-order valence-electron chi connectivity index (χ3n) is 3.77. The van der Waals surface area contributed by atoms with Crippen LogP contribution in [0.25, 0.3) is 5.57 Å². The fourth-order valence-corrected chi connectivity index (χ4v) is 2.49. The molecule has 0 aliphatic carbocycles. The van der Waals surface area contributed by atoms with E-state index in [1.165, 1.54) is 0 Å². The Balaban J connectivity index is 2.30. The lowest BCUT2D eigenvalue weighted by Crippen LogP contribution is -2.37. The Morgan fingerprint density at radius 3 is 2.31 bits per heavy atom. The minimum atomic E-state index is -0.577. The lowest BCUT2D eigenvalue weighted by Gasteiger charge is -2.28. The van der Waals surface area contributed by atoms with Gasteiger partial charge in [-0.25, -0.2) is 4.79 Å². The first-order valence-electron chi connectivity index (χ1n) is 8.59. The number of hydrogen-bond donors (Lipinski definition) is 0. The number of ether oxygens (including phenoxy) is 2. The van der Waals surface area contributed by atoms with E-state index in [0.717, 1.165) is 28.1 Å². The zero-order chi connectivity index (χ0) is 19.3. The van der Waals surface area contributed by atoms with E-state index in [1.54, 1.807) is 12.0 Å². The standard InChI is InChI=1S/C22H27NO3/c1-16-8-7-9-18(14-16)17(2)15-23(21(24)26-22(3,4)5)19-10-12-20(25-6)13-11-19/h7-14H,2,15H2,1,3-6H3. The molecular weight excluding hydrogens is 326 g/mol. The van der Waals surface area contributed by atoms with Gasteiger partial charge < -0.3 is 9.47 Å². The minimum absolute atomic E-state index is 0.338. The Labute approximate surface area is 156 Å². The molecule has 0 aliphatic heterocycles. The van der Waals surface area contributed by atoms with Crippen molar-refractivity contribution in [3.63, 3.8) is 0 Å². The number of rotatable bonds is 5. The normalized spacial score (nSPS) is 11.0. The van der Waals surface area contributed by atoms with Crippen molar-refractivity contribution < 1.29 is 14.3 Å². The van der Waals surface area contributed by atoms with Crippen LogP contribution in [0.3, 0.4) is 0 Å². The van der Waals surface area contributed by atoms with Crippen molar-refractivity contribution in [2.45, 2.75) is 33.3 Å². The third-order valence-corrected chi connectivity index (χ3v) is 3.77. The van der Waals surface area contributed by atoms with Crippen molar-refractivity contribution in [3.8, 4) is 5.75 Å². The summed E-state index contributed by atoms with van der Waals surface area (Å²) in [6, 6.07) is 15.4. The molecule has 2 aromatic carbocycles. The van der Waals surface area contributed by atoms with E-state index in [-0.39, 0.29) is 0 Å². The van der Waals surface area contributed by atoms with Crippen molar-refractivity contribution in [3.05, 3.63) is 66.2 Å². The van der Waals surface area contributed by atoms with Crippen molar-refractivity contribution in [1.29, 1.82) is 0 Å². The van der Waals surface area contributed by atoms with Crippen LogP contribution in [-0.4, -0.2) is 25.3 Å². The fourth-order valence-electron chi connectivity index (χ4n) is 2.49. The van der Waals surface area contributed by atoms with Crippen molar-refractivity contribution in [2.24, 2.45) is 0 Å². The number of anilines is 1. The number of amides is 1. The molecule has 0 bridgehead atoms. The molecule has 0 N–H and O–H groups in total. The Bertz CT molecular complexity index is 773. The second kappa shape index (κ2) is 8.09. The second-order valence-electron chi connectivity index (χ2n) is 7.24. The van der Waals surface area contributed by atoms with Crippen LogP contribution < -0.4 is 9.64 Å². The molecule has 1 amide bonds. The Kier molecular flexibility index (Phi) is 6.09. The molecule has 26 heavy (non-hydrogen) atoms. The minimum Gasteiger partial charge on any atom is -0.497 e. The van der Waals surface area contributed by atoms with Crippen LogP contribution in [0.5, 0.6) is 5.75 Å². The summed E-state index contributed by atoms with van der Waals surface area (Å²) in [7, 11) is 1.61. The number of carbonyl (C=O) groups excluding carboxylic acids is 1. The van der Waals surface area contributed by atoms with E-state index in [0.29, 0.717) is 6.54 Å². The molecule has 138 valence electrons. The van der Waals surface area contributed by atoms with Crippen LogP contribution in [0.15, 0.2) is 55.1 Å². The molecule has 0 saturated carbocycles. The second-order valence-corrected chi connectivity index (χ2v) is 7.24. The van der Waals surface area contributed by atoms with Gasteiger partial charge in [-0.3, -0.25) is 4.90 Å². The van der Waals surface area contributed by atoms with E-state index >= 15 is 0 Å². The van der Waals surface area contributed by atoms with Crippen LogP contribution in [0, 0.1) is 6.92 Å². The van der Waals surface area contributed by atoms with Crippen molar-refractivity contribution in [2.75, 3.05) is 18.6 Å². The summed E-state index contributed by atoms with van der Waals surface area (Å²) < 4.78 is 10.8. The van der Waals surface area contributed by atoms with Gasteiger partial charge in [-0.05, 0) is 63.1 Å². The lowest BCUT2D eigenvalue weighted by atomic mass is 10.0.